The lowest BCUT2D eigenvalue weighted by Crippen LogP contribution is -2.18. The largest absolute Gasteiger partial charge is 0.364 e. The number of nitrogens with zero attached hydrogens (tertiary/aromatic N) is 2. The molecule has 6 nitrogen and oxygen atoms in total. The fraction of sp³-hybridized carbons (Fsp3) is 0.500. The highest BCUT2D eigenvalue weighted by Crippen LogP contribution is 2.21. The van der Waals surface area contributed by atoms with Gasteiger partial charge in [-0.15, -0.1) is 0 Å². The predicted molar refractivity (Wildman–Crippen MR) is 60.4 cm³/mol. The summed E-state index contributed by atoms with van der Waals surface area (Å²) in [5.41, 5.74) is 0.0356. The predicted octanol–water partition coefficient (Wildman–Crippen LogP) is 1.01. The molecular weight excluding hydrogens is 208 g/mol. The molecule has 1 fully saturated rings. The van der Waals surface area contributed by atoms with Crippen LogP contribution in [-0.4, -0.2) is 29.5 Å². The van der Waals surface area contributed by atoms with Crippen molar-refractivity contribution in [1.82, 2.24) is 10.3 Å². The normalized spacial score (nSPS) is 19.6. The van der Waals surface area contributed by atoms with Crippen LogP contribution in [0.2, 0.25) is 0 Å². The van der Waals surface area contributed by atoms with Crippen molar-refractivity contribution >= 4 is 11.5 Å². The van der Waals surface area contributed by atoms with E-state index >= 15 is 0 Å². The summed E-state index contributed by atoms with van der Waals surface area (Å²) in [5.74, 6) is 0.890. The van der Waals surface area contributed by atoms with Crippen LogP contribution in [0.5, 0.6) is 0 Å². The van der Waals surface area contributed by atoms with Crippen molar-refractivity contribution in [3.63, 3.8) is 0 Å². The second-order valence-corrected chi connectivity index (χ2v) is 3.87. The van der Waals surface area contributed by atoms with Crippen molar-refractivity contribution in [3.8, 4) is 0 Å². The van der Waals surface area contributed by atoms with Gasteiger partial charge in [-0.2, -0.15) is 0 Å². The Hall–Kier alpha value is -1.69. The maximum absolute atomic E-state index is 10.7. The van der Waals surface area contributed by atoms with Gasteiger partial charge in [0.1, 0.15) is 0 Å². The Bertz CT molecular complexity index is 377. The molecule has 1 aromatic rings. The Morgan fingerprint density at radius 2 is 2.56 bits per heavy atom. The van der Waals surface area contributed by atoms with Crippen LogP contribution < -0.4 is 10.6 Å². The lowest BCUT2D eigenvalue weighted by atomic mass is 10.1. The number of hydrogen-bond acceptors (Lipinski definition) is 5. The van der Waals surface area contributed by atoms with Crippen molar-refractivity contribution in [3.05, 3.63) is 28.4 Å². The number of rotatable bonds is 4. The fourth-order valence-electron chi connectivity index (χ4n) is 1.81. The summed E-state index contributed by atoms with van der Waals surface area (Å²) in [5, 5.41) is 17.0. The minimum atomic E-state index is -0.414. The smallest absolute Gasteiger partial charge is 0.311 e. The molecule has 16 heavy (non-hydrogen) atoms. The van der Waals surface area contributed by atoms with E-state index in [9.17, 15) is 10.1 Å². The molecule has 1 saturated heterocycles. The first kappa shape index (κ1) is 10.8. The van der Waals surface area contributed by atoms with E-state index in [0.717, 1.165) is 26.1 Å². The molecular formula is C10H14N4O2. The molecule has 1 unspecified atom stereocenters. The maximum Gasteiger partial charge on any atom is 0.311 e. The SMILES string of the molecule is O=[N+]([O-])c1cccnc1NCC1CCNC1. The van der Waals surface area contributed by atoms with Gasteiger partial charge < -0.3 is 10.6 Å². The molecule has 1 aliphatic heterocycles. The molecule has 2 heterocycles. The zero-order valence-corrected chi connectivity index (χ0v) is 8.85. The van der Waals surface area contributed by atoms with E-state index < -0.39 is 4.92 Å². The molecule has 1 atom stereocenters. The summed E-state index contributed by atoms with van der Waals surface area (Å²) in [4.78, 5) is 14.3. The van der Waals surface area contributed by atoms with Crippen molar-refractivity contribution in [2.45, 2.75) is 6.42 Å². The third kappa shape index (κ3) is 2.46. The van der Waals surface area contributed by atoms with E-state index in [2.05, 4.69) is 15.6 Å². The van der Waals surface area contributed by atoms with Crippen molar-refractivity contribution in [1.29, 1.82) is 0 Å². The molecule has 0 bridgehead atoms. The number of hydrogen-bond donors (Lipinski definition) is 2. The lowest BCUT2D eigenvalue weighted by Gasteiger charge is -2.10. The number of nitrogens with one attached hydrogen (secondary N) is 2. The van der Waals surface area contributed by atoms with Gasteiger partial charge in [-0.1, -0.05) is 0 Å². The monoisotopic (exact) mass is 222 g/mol. The topological polar surface area (TPSA) is 80.1 Å². The number of aromatic nitrogens is 1. The van der Waals surface area contributed by atoms with Gasteiger partial charge in [0.05, 0.1) is 4.92 Å². The van der Waals surface area contributed by atoms with Gasteiger partial charge in [0.15, 0.2) is 0 Å². The highest BCUT2D eigenvalue weighted by Gasteiger charge is 2.17. The highest BCUT2D eigenvalue weighted by molar-refractivity contribution is 5.55. The summed E-state index contributed by atoms with van der Waals surface area (Å²) in [6.07, 6.45) is 2.66. The zero-order valence-electron chi connectivity index (χ0n) is 8.85. The van der Waals surface area contributed by atoms with E-state index in [1.807, 2.05) is 0 Å². The van der Waals surface area contributed by atoms with Gasteiger partial charge in [0, 0.05) is 18.8 Å². The third-order valence-corrected chi connectivity index (χ3v) is 2.70. The minimum absolute atomic E-state index is 0.0356. The Balaban J connectivity index is 2.00. The van der Waals surface area contributed by atoms with Gasteiger partial charge >= 0.3 is 5.69 Å². The van der Waals surface area contributed by atoms with E-state index in [1.54, 1.807) is 12.3 Å². The van der Waals surface area contributed by atoms with Gasteiger partial charge in [0.25, 0.3) is 0 Å². The molecule has 0 amide bonds. The van der Waals surface area contributed by atoms with Crippen LogP contribution >= 0.6 is 0 Å². The molecule has 0 spiro atoms. The average molecular weight is 222 g/mol. The number of pyridine rings is 1. The Kier molecular flexibility index (Phi) is 3.31. The van der Waals surface area contributed by atoms with E-state index in [0.29, 0.717) is 11.7 Å². The van der Waals surface area contributed by atoms with Gasteiger partial charge in [-0.25, -0.2) is 4.98 Å². The molecule has 0 aliphatic carbocycles. The number of anilines is 1. The van der Waals surface area contributed by atoms with Crippen LogP contribution in [0.15, 0.2) is 18.3 Å². The first-order valence-corrected chi connectivity index (χ1v) is 5.31. The summed E-state index contributed by atoms with van der Waals surface area (Å²) in [6.45, 7) is 2.72. The second kappa shape index (κ2) is 4.89. The maximum atomic E-state index is 10.7. The molecule has 0 aromatic carbocycles. The average Bonchev–Trinajstić information content (AvgIpc) is 2.79. The first-order chi connectivity index (χ1) is 7.77. The molecule has 1 aliphatic rings. The molecule has 6 heteroatoms. The molecule has 86 valence electrons. The van der Waals surface area contributed by atoms with Crippen LogP contribution in [0.3, 0.4) is 0 Å². The summed E-state index contributed by atoms with van der Waals surface area (Å²) >= 11 is 0. The van der Waals surface area contributed by atoms with Crippen molar-refractivity contribution < 1.29 is 4.92 Å². The fourth-order valence-corrected chi connectivity index (χ4v) is 1.81. The summed E-state index contributed by atoms with van der Waals surface area (Å²) in [6, 6.07) is 3.03. The van der Waals surface area contributed by atoms with Crippen LogP contribution in [0.25, 0.3) is 0 Å². The zero-order chi connectivity index (χ0) is 11.4. The van der Waals surface area contributed by atoms with E-state index in [4.69, 9.17) is 0 Å². The standard InChI is InChI=1S/C10H14N4O2/c15-14(16)9-2-1-4-12-10(9)13-7-8-3-5-11-6-8/h1-2,4,8,11H,3,5-7H2,(H,12,13). The Morgan fingerprint density at radius 3 is 3.25 bits per heavy atom. The van der Waals surface area contributed by atoms with Crippen LogP contribution in [0.4, 0.5) is 11.5 Å². The van der Waals surface area contributed by atoms with Crippen molar-refractivity contribution in [2.24, 2.45) is 5.92 Å². The molecule has 1 aromatic heterocycles. The Labute approximate surface area is 93.2 Å². The minimum Gasteiger partial charge on any atom is -0.364 e. The highest BCUT2D eigenvalue weighted by atomic mass is 16.6. The second-order valence-electron chi connectivity index (χ2n) is 3.87. The van der Waals surface area contributed by atoms with Crippen LogP contribution in [0.1, 0.15) is 6.42 Å². The number of nitro groups is 1. The van der Waals surface area contributed by atoms with Gasteiger partial charge in [-0.05, 0) is 31.5 Å². The summed E-state index contributed by atoms with van der Waals surface area (Å²) < 4.78 is 0. The van der Waals surface area contributed by atoms with Crippen LogP contribution in [-0.2, 0) is 0 Å². The van der Waals surface area contributed by atoms with E-state index in [1.165, 1.54) is 6.07 Å². The molecule has 0 saturated carbocycles. The molecule has 0 radical (unpaired) electrons. The van der Waals surface area contributed by atoms with Gasteiger partial charge in [0.2, 0.25) is 5.82 Å². The van der Waals surface area contributed by atoms with Crippen LogP contribution in [0, 0.1) is 16.0 Å². The van der Waals surface area contributed by atoms with Gasteiger partial charge in [-0.3, -0.25) is 10.1 Å². The quantitative estimate of drug-likeness (QED) is 0.587. The molecule has 2 rings (SSSR count). The van der Waals surface area contributed by atoms with E-state index in [-0.39, 0.29) is 5.69 Å². The summed E-state index contributed by atoms with van der Waals surface area (Å²) in [7, 11) is 0. The third-order valence-electron chi connectivity index (χ3n) is 2.70. The Morgan fingerprint density at radius 1 is 1.69 bits per heavy atom. The lowest BCUT2D eigenvalue weighted by molar-refractivity contribution is -0.384. The van der Waals surface area contributed by atoms with Crippen molar-refractivity contribution in [2.75, 3.05) is 25.0 Å². The molecule has 2 N–H and O–H groups in total. The first-order valence-electron chi connectivity index (χ1n) is 5.31.